The van der Waals surface area contributed by atoms with Crippen molar-refractivity contribution in [2.45, 2.75) is 51.5 Å². The fraction of sp³-hybridized carbons (Fsp3) is 0.938. The fourth-order valence-corrected chi connectivity index (χ4v) is 2.90. The van der Waals surface area contributed by atoms with E-state index in [2.05, 4.69) is 30.3 Å². The maximum Gasteiger partial charge on any atom is 0.103 e. The number of ether oxygens (including phenoxy) is 1. The van der Waals surface area contributed by atoms with Gasteiger partial charge in [0, 0.05) is 19.8 Å². The Morgan fingerprint density at radius 1 is 1.35 bits per heavy atom. The van der Waals surface area contributed by atoms with Gasteiger partial charge >= 0.3 is 0 Å². The second-order valence-electron chi connectivity index (χ2n) is 6.25. The summed E-state index contributed by atoms with van der Waals surface area (Å²) in [6, 6.07) is 2.39. The molecule has 4 nitrogen and oxygen atoms in total. The third kappa shape index (κ3) is 6.69. The van der Waals surface area contributed by atoms with Gasteiger partial charge in [0.05, 0.1) is 6.07 Å². The molecule has 1 heterocycles. The van der Waals surface area contributed by atoms with Crippen LogP contribution in [0.4, 0.5) is 0 Å². The highest BCUT2D eigenvalue weighted by Gasteiger charge is 2.21. The summed E-state index contributed by atoms with van der Waals surface area (Å²) in [5.41, 5.74) is -0.353. The molecule has 1 rings (SSSR count). The molecule has 0 aromatic heterocycles. The van der Waals surface area contributed by atoms with Crippen LogP contribution in [0.1, 0.15) is 46.0 Å². The van der Waals surface area contributed by atoms with Crippen molar-refractivity contribution in [3.63, 3.8) is 0 Å². The van der Waals surface area contributed by atoms with E-state index in [9.17, 15) is 5.26 Å². The summed E-state index contributed by atoms with van der Waals surface area (Å²) in [6.45, 7) is 9.09. The molecule has 1 atom stereocenters. The number of hydrogen-bond donors (Lipinski definition) is 1. The molecule has 0 aromatic carbocycles. The predicted molar refractivity (Wildman–Crippen MR) is 82.6 cm³/mol. The van der Waals surface area contributed by atoms with Crippen LogP contribution < -0.4 is 5.32 Å². The summed E-state index contributed by atoms with van der Waals surface area (Å²) in [5, 5.41) is 12.5. The Labute approximate surface area is 124 Å². The van der Waals surface area contributed by atoms with Crippen LogP contribution in [0.15, 0.2) is 0 Å². The fourth-order valence-electron chi connectivity index (χ4n) is 2.90. The molecule has 1 fully saturated rings. The molecule has 1 aliphatic rings. The molecular formula is C16H31N3O. The molecule has 0 amide bonds. The number of nitrogens with one attached hydrogen (secondary N) is 1. The first-order valence-electron chi connectivity index (χ1n) is 8.02. The Bertz CT molecular complexity index is 297. The molecule has 0 spiro atoms. The van der Waals surface area contributed by atoms with Gasteiger partial charge in [-0.1, -0.05) is 6.92 Å². The van der Waals surface area contributed by atoms with Crippen molar-refractivity contribution in [2.75, 3.05) is 39.9 Å². The third-order valence-electron chi connectivity index (χ3n) is 4.19. The molecule has 1 aliphatic heterocycles. The monoisotopic (exact) mass is 281 g/mol. The normalized spacial score (nSPS) is 19.8. The lowest BCUT2D eigenvalue weighted by atomic mass is 9.96. The predicted octanol–water partition coefficient (Wildman–Crippen LogP) is 2.41. The van der Waals surface area contributed by atoms with Gasteiger partial charge in [-0.25, -0.2) is 0 Å². The van der Waals surface area contributed by atoms with E-state index in [1.807, 2.05) is 6.92 Å². The van der Waals surface area contributed by atoms with Crippen LogP contribution in [-0.4, -0.2) is 50.3 Å². The zero-order valence-corrected chi connectivity index (χ0v) is 13.5. The van der Waals surface area contributed by atoms with Gasteiger partial charge in [0.1, 0.15) is 5.54 Å². The molecule has 1 unspecified atom stereocenters. The molecule has 1 saturated heterocycles. The van der Waals surface area contributed by atoms with Crippen LogP contribution in [0, 0.1) is 17.2 Å². The zero-order valence-electron chi connectivity index (χ0n) is 13.5. The molecule has 4 heteroatoms. The highest BCUT2D eigenvalue weighted by molar-refractivity contribution is 5.03. The van der Waals surface area contributed by atoms with Gasteiger partial charge in [0.2, 0.25) is 0 Å². The number of rotatable bonds is 9. The van der Waals surface area contributed by atoms with Gasteiger partial charge < -0.3 is 9.64 Å². The quantitative estimate of drug-likeness (QED) is 0.659. The van der Waals surface area contributed by atoms with Crippen LogP contribution in [0.25, 0.3) is 0 Å². The minimum absolute atomic E-state index is 0.353. The van der Waals surface area contributed by atoms with Crippen molar-refractivity contribution in [1.82, 2.24) is 10.2 Å². The Balaban J connectivity index is 2.12. The van der Waals surface area contributed by atoms with Gasteiger partial charge in [-0.15, -0.1) is 0 Å². The molecule has 0 saturated carbocycles. The third-order valence-corrected chi connectivity index (χ3v) is 4.19. The second kappa shape index (κ2) is 9.33. The second-order valence-corrected chi connectivity index (χ2v) is 6.25. The van der Waals surface area contributed by atoms with E-state index in [1.54, 1.807) is 0 Å². The zero-order chi connectivity index (χ0) is 14.8. The first kappa shape index (κ1) is 17.4. The van der Waals surface area contributed by atoms with Gasteiger partial charge in [-0.2, -0.15) is 5.26 Å². The van der Waals surface area contributed by atoms with E-state index >= 15 is 0 Å². The molecule has 1 N–H and O–H groups in total. The topological polar surface area (TPSA) is 48.3 Å². The van der Waals surface area contributed by atoms with Crippen LogP contribution in [0.5, 0.6) is 0 Å². The van der Waals surface area contributed by atoms with E-state index in [0.29, 0.717) is 0 Å². The van der Waals surface area contributed by atoms with Crippen molar-refractivity contribution in [2.24, 2.45) is 5.92 Å². The molecule has 0 aromatic rings. The molecule has 20 heavy (non-hydrogen) atoms. The van der Waals surface area contributed by atoms with Gasteiger partial charge in [-0.3, -0.25) is 5.32 Å². The van der Waals surface area contributed by atoms with E-state index in [4.69, 9.17) is 4.74 Å². The largest absolute Gasteiger partial charge is 0.381 e. The molecule has 0 aliphatic carbocycles. The van der Waals surface area contributed by atoms with Crippen molar-refractivity contribution in [3.05, 3.63) is 0 Å². The number of unbranched alkanes of at least 4 members (excludes halogenated alkanes) is 1. The van der Waals surface area contributed by atoms with Crippen molar-refractivity contribution in [3.8, 4) is 6.07 Å². The van der Waals surface area contributed by atoms with Crippen LogP contribution in [0.3, 0.4) is 0 Å². The van der Waals surface area contributed by atoms with E-state index in [0.717, 1.165) is 45.1 Å². The smallest absolute Gasteiger partial charge is 0.103 e. The molecule has 0 radical (unpaired) electrons. The van der Waals surface area contributed by atoms with Crippen molar-refractivity contribution in [1.29, 1.82) is 5.26 Å². The number of nitriles is 1. The average molecular weight is 281 g/mol. The van der Waals surface area contributed by atoms with Gasteiger partial charge in [0.15, 0.2) is 0 Å². The SMILES string of the molecule is CCNC(C)(C#N)CCCCN(C)CC1CCOCC1. The first-order chi connectivity index (χ1) is 9.59. The summed E-state index contributed by atoms with van der Waals surface area (Å²) in [4.78, 5) is 2.44. The molecule has 116 valence electrons. The Morgan fingerprint density at radius 2 is 2.05 bits per heavy atom. The highest BCUT2D eigenvalue weighted by Crippen LogP contribution is 2.16. The molecular weight excluding hydrogens is 250 g/mol. The van der Waals surface area contributed by atoms with Crippen LogP contribution in [-0.2, 0) is 4.74 Å². The first-order valence-corrected chi connectivity index (χ1v) is 8.02. The van der Waals surface area contributed by atoms with Crippen LogP contribution in [0.2, 0.25) is 0 Å². The minimum Gasteiger partial charge on any atom is -0.381 e. The average Bonchev–Trinajstić information content (AvgIpc) is 2.45. The number of nitrogens with zero attached hydrogens (tertiary/aromatic N) is 2. The highest BCUT2D eigenvalue weighted by atomic mass is 16.5. The Morgan fingerprint density at radius 3 is 2.65 bits per heavy atom. The minimum atomic E-state index is -0.353. The summed E-state index contributed by atoms with van der Waals surface area (Å²) in [5.74, 6) is 0.805. The summed E-state index contributed by atoms with van der Waals surface area (Å²) >= 11 is 0. The van der Waals surface area contributed by atoms with Gasteiger partial charge in [0.25, 0.3) is 0 Å². The summed E-state index contributed by atoms with van der Waals surface area (Å²) < 4.78 is 5.40. The van der Waals surface area contributed by atoms with E-state index in [-0.39, 0.29) is 5.54 Å². The summed E-state index contributed by atoms with van der Waals surface area (Å²) in [7, 11) is 2.21. The summed E-state index contributed by atoms with van der Waals surface area (Å²) in [6.07, 6.45) is 5.62. The van der Waals surface area contributed by atoms with Crippen molar-refractivity contribution >= 4 is 0 Å². The lowest BCUT2D eigenvalue weighted by molar-refractivity contribution is 0.0555. The number of hydrogen-bond acceptors (Lipinski definition) is 4. The maximum atomic E-state index is 9.21. The van der Waals surface area contributed by atoms with Gasteiger partial charge in [-0.05, 0) is 65.1 Å². The Kier molecular flexibility index (Phi) is 8.13. The molecule has 0 bridgehead atoms. The van der Waals surface area contributed by atoms with Crippen LogP contribution >= 0.6 is 0 Å². The maximum absolute atomic E-state index is 9.21. The lowest BCUT2D eigenvalue weighted by Gasteiger charge is -2.27. The lowest BCUT2D eigenvalue weighted by Crippen LogP contribution is -2.40. The Hall–Kier alpha value is -0.630. The van der Waals surface area contributed by atoms with E-state index < -0.39 is 0 Å². The van der Waals surface area contributed by atoms with Crippen molar-refractivity contribution < 1.29 is 4.74 Å². The standard InChI is InChI=1S/C16H31N3O/c1-4-18-16(2,14-17)9-5-6-10-19(3)13-15-7-11-20-12-8-15/h15,18H,4-13H2,1-3H3. The van der Waals surface area contributed by atoms with E-state index in [1.165, 1.54) is 25.8 Å².